The van der Waals surface area contributed by atoms with Crippen molar-refractivity contribution in [3.05, 3.63) is 30.4 Å². The van der Waals surface area contributed by atoms with Gasteiger partial charge in [0, 0.05) is 45.1 Å². The van der Waals surface area contributed by atoms with Gasteiger partial charge in [0.05, 0.1) is 17.6 Å². The third-order valence-corrected chi connectivity index (χ3v) is 4.41. The summed E-state index contributed by atoms with van der Waals surface area (Å²) in [5, 5.41) is 4.26. The van der Waals surface area contributed by atoms with E-state index < -0.39 is 0 Å². The minimum Gasteiger partial charge on any atom is -0.375 e. The molecule has 1 unspecified atom stereocenters. The minimum absolute atomic E-state index is 0.0404. The van der Waals surface area contributed by atoms with Crippen LogP contribution in [-0.4, -0.2) is 57.4 Å². The van der Waals surface area contributed by atoms with Crippen LogP contribution in [0, 0.1) is 0 Å². The van der Waals surface area contributed by atoms with E-state index in [0.717, 1.165) is 43.0 Å². The SMILES string of the molecule is CCn1nccc1-c1cnc(C2CCCN(C(=O)COC)C2)cn1. The van der Waals surface area contributed by atoms with Gasteiger partial charge in [-0.15, -0.1) is 0 Å². The Morgan fingerprint density at radius 2 is 2.25 bits per heavy atom. The van der Waals surface area contributed by atoms with E-state index in [9.17, 15) is 4.79 Å². The summed E-state index contributed by atoms with van der Waals surface area (Å²) in [6.45, 7) is 4.46. The molecule has 2 aromatic rings. The third kappa shape index (κ3) is 3.46. The van der Waals surface area contributed by atoms with Crippen LogP contribution in [0.3, 0.4) is 0 Å². The van der Waals surface area contributed by atoms with Crippen molar-refractivity contribution in [3.8, 4) is 11.4 Å². The molecule has 0 bridgehead atoms. The number of hydrogen-bond acceptors (Lipinski definition) is 5. The lowest BCUT2D eigenvalue weighted by Crippen LogP contribution is -2.41. The number of nitrogens with zero attached hydrogens (tertiary/aromatic N) is 5. The van der Waals surface area contributed by atoms with Crippen LogP contribution in [0.25, 0.3) is 11.4 Å². The van der Waals surface area contributed by atoms with Gasteiger partial charge in [-0.05, 0) is 25.8 Å². The zero-order chi connectivity index (χ0) is 16.9. The first kappa shape index (κ1) is 16.6. The molecular formula is C17H23N5O2. The number of hydrogen-bond donors (Lipinski definition) is 0. The number of piperidine rings is 1. The number of rotatable bonds is 5. The lowest BCUT2D eigenvalue weighted by molar-refractivity contribution is -0.136. The molecule has 3 rings (SSSR count). The summed E-state index contributed by atoms with van der Waals surface area (Å²) in [5.41, 5.74) is 2.73. The van der Waals surface area contributed by atoms with Gasteiger partial charge in [-0.1, -0.05) is 0 Å². The van der Waals surface area contributed by atoms with Gasteiger partial charge in [-0.25, -0.2) is 0 Å². The fourth-order valence-corrected chi connectivity index (χ4v) is 3.14. The smallest absolute Gasteiger partial charge is 0.248 e. The van der Waals surface area contributed by atoms with Gasteiger partial charge in [-0.3, -0.25) is 19.4 Å². The van der Waals surface area contributed by atoms with Crippen LogP contribution in [-0.2, 0) is 16.1 Å². The fraction of sp³-hybridized carbons (Fsp3) is 0.529. The summed E-state index contributed by atoms with van der Waals surface area (Å²) in [5.74, 6) is 0.274. The van der Waals surface area contributed by atoms with Gasteiger partial charge in [0.15, 0.2) is 0 Å². The minimum atomic E-state index is 0.0404. The van der Waals surface area contributed by atoms with E-state index in [2.05, 4.69) is 15.1 Å². The van der Waals surface area contributed by atoms with E-state index in [4.69, 9.17) is 4.74 Å². The van der Waals surface area contributed by atoms with E-state index in [0.29, 0.717) is 6.54 Å². The van der Waals surface area contributed by atoms with Crippen molar-refractivity contribution in [2.24, 2.45) is 0 Å². The van der Waals surface area contributed by atoms with Crippen molar-refractivity contribution in [3.63, 3.8) is 0 Å². The highest BCUT2D eigenvalue weighted by atomic mass is 16.5. The summed E-state index contributed by atoms with van der Waals surface area (Å²) >= 11 is 0. The Labute approximate surface area is 141 Å². The van der Waals surface area contributed by atoms with Crippen molar-refractivity contribution in [1.29, 1.82) is 0 Å². The molecule has 0 saturated carbocycles. The molecular weight excluding hydrogens is 306 g/mol. The molecule has 1 fully saturated rings. The number of aromatic nitrogens is 4. The molecule has 0 N–H and O–H groups in total. The zero-order valence-electron chi connectivity index (χ0n) is 14.2. The Kier molecular flexibility index (Phi) is 5.20. The molecule has 0 aliphatic carbocycles. The quantitative estimate of drug-likeness (QED) is 0.835. The standard InChI is InChI=1S/C17H23N5O2/c1-3-22-16(6-7-20-22)15-10-18-14(9-19-15)13-5-4-8-21(11-13)17(23)12-24-2/h6-7,9-10,13H,3-5,8,11-12H2,1-2H3. The number of carbonyl (C=O) groups is 1. The second-order valence-corrected chi connectivity index (χ2v) is 5.97. The van der Waals surface area contributed by atoms with Gasteiger partial charge in [-0.2, -0.15) is 5.10 Å². The van der Waals surface area contributed by atoms with E-state index >= 15 is 0 Å². The second-order valence-electron chi connectivity index (χ2n) is 5.97. The van der Waals surface area contributed by atoms with Gasteiger partial charge in [0.2, 0.25) is 5.91 Å². The molecule has 128 valence electrons. The molecule has 1 aliphatic rings. The van der Waals surface area contributed by atoms with Crippen LogP contribution in [0.15, 0.2) is 24.7 Å². The monoisotopic (exact) mass is 329 g/mol. The van der Waals surface area contributed by atoms with Gasteiger partial charge in [0.25, 0.3) is 0 Å². The Morgan fingerprint density at radius 3 is 2.96 bits per heavy atom. The molecule has 3 heterocycles. The van der Waals surface area contributed by atoms with Crippen molar-refractivity contribution >= 4 is 5.91 Å². The second kappa shape index (κ2) is 7.53. The Bertz CT molecular complexity index is 683. The lowest BCUT2D eigenvalue weighted by Gasteiger charge is -2.32. The first-order chi connectivity index (χ1) is 11.7. The predicted octanol–water partition coefficient (Wildman–Crippen LogP) is 1.71. The van der Waals surface area contributed by atoms with Crippen molar-refractivity contribution in [2.45, 2.75) is 32.2 Å². The topological polar surface area (TPSA) is 73.1 Å². The average Bonchev–Trinajstić information content (AvgIpc) is 3.11. The van der Waals surface area contributed by atoms with Crippen molar-refractivity contribution in [1.82, 2.24) is 24.6 Å². The Morgan fingerprint density at radius 1 is 1.38 bits per heavy atom. The van der Waals surface area contributed by atoms with Gasteiger partial charge < -0.3 is 9.64 Å². The number of methoxy groups -OCH3 is 1. The molecule has 1 amide bonds. The number of aryl methyl sites for hydroxylation is 1. The average molecular weight is 329 g/mol. The maximum atomic E-state index is 12.0. The summed E-state index contributed by atoms with van der Waals surface area (Å²) in [4.78, 5) is 23.0. The van der Waals surface area contributed by atoms with E-state index in [1.54, 1.807) is 19.5 Å². The summed E-state index contributed by atoms with van der Waals surface area (Å²) < 4.78 is 6.85. The highest BCUT2D eigenvalue weighted by molar-refractivity contribution is 5.77. The summed E-state index contributed by atoms with van der Waals surface area (Å²) in [6, 6.07) is 1.94. The van der Waals surface area contributed by atoms with Crippen LogP contribution in [0.1, 0.15) is 31.4 Å². The molecule has 0 aromatic carbocycles. The normalized spacial score (nSPS) is 17.9. The van der Waals surface area contributed by atoms with Gasteiger partial charge in [0.1, 0.15) is 12.3 Å². The lowest BCUT2D eigenvalue weighted by atomic mass is 9.95. The highest BCUT2D eigenvalue weighted by Crippen LogP contribution is 2.26. The van der Waals surface area contributed by atoms with E-state index in [-0.39, 0.29) is 18.4 Å². The number of likely N-dealkylation sites (tertiary alicyclic amines) is 1. The maximum Gasteiger partial charge on any atom is 0.248 e. The highest BCUT2D eigenvalue weighted by Gasteiger charge is 2.25. The zero-order valence-corrected chi connectivity index (χ0v) is 14.2. The van der Waals surface area contributed by atoms with Crippen LogP contribution in [0.4, 0.5) is 0 Å². The van der Waals surface area contributed by atoms with Crippen LogP contribution >= 0.6 is 0 Å². The number of carbonyl (C=O) groups excluding carboxylic acids is 1. The van der Waals surface area contributed by atoms with Crippen molar-refractivity contribution in [2.75, 3.05) is 26.8 Å². The molecule has 2 aromatic heterocycles. The van der Waals surface area contributed by atoms with Crippen LogP contribution < -0.4 is 0 Å². The summed E-state index contributed by atoms with van der Waals surface area (Å²) in [7, 11) is 1.55. The maximum absolute atomic E-state index is 12.0. The van der Waals surface area contributed by atoms with Crippen molar-refractivity contribution < 1.29 is 9.53 Å². The van der Waals surface area contributed by atoms with Gasteiger partial charge >= 0.3 is 0 Å². The Balaban J connectivity index is 1.72. The van der Waals surface area contributed by atoms with Crippen LogP contribution in [0.5, 0.6) is 0 Å². The summed E-state index contributed by atoms with van der Waals surface area (Å²) in [6.07, 6.45) is 7.41. The molecule has 0 spiro atoms. The predicted molar refractivity (Wildman–Crippen MR) is 89.4 cm³/mol. The molecule has 7 nitrogen and oxygen atoms in total. The first-order valence-electron chi connectivity index (χ1n) is 8.33. The first-order valence-corrected chi connectivity index (χ1v) is 8.33. The fourth-order valence-electron chi connectivity index (χ4n) is 3.14. The molecule has 1 saturated heterocycles. The van der Waals surface area contributed by atoms with E-state index in [1.807, 2.05) is 28.8 Å². The van der Waals surface area contributed by atoms with Crippen LogP contribution in [0.2, 0.25) is 0 Å². The molecule has 1 aliphatic heterocycles. The molecule has 24 heavy (non-hydrogen) atoms. The number of amides is 1. The van der Waals surface area contributed by atoms with E-state index in [1.165, 1.54) is 0 Å². The molecule has 0 radical (unpaired) electrons. The molecule has 7 heteroatoms. The number of ether oxygens (including phenoxy) is 1. The third-order valence-electron chi connectivity index (χ3n) is 4.41. The molecule has 1 atom stereocenters. The Hall–Kier alpha value is -2.28. The largest absolute Gasteiger partial charge is 0.375 e.